The second-order valence-corrected chi connectivity index (χ2v) is 8.57. The quantitative estimate of drug-likeness (QED) is 0.801. The number of aromatic nitrogens is 2. The number of fused-ring (bicyclic) bond motifs is 1. The minimum Gasteiger partial charge on any atom is -0.365 e. The van der Waals surface area contributed by atoms with Crippen LogP contribution in [0, 0.1) is 0 Å². The average Bonchev–Trinajstić information content (AvgIpc) is 2.72. The molecule has 6 heteroatoms. The molecule has 0 N–H and O–H groups in total. The van der Waals surface area contributed by atoms with Crippen LogP contribution in [0.3, 0.4) is 0 Å². The molecule has 1 aromatic carbocycles. The third-order valence-electron chi connectivity index (χ3n) is 5.42. The molecular weight excluding hydrogens is 352 g/mol. The third-order valence-corrected chi connectivity index (χ3v) is 5.42. The van der Waals surface area contributed by atoms with Crippen molar-refractivity contribution in [2.45, 2.75) is 45.3 Å². The fourth-order valence-electron chi connectivity index (χ4n) is 3.78. The number of morpholine rings is 1. The Kier molecular flexibility index (Phi) is 5.06. The molecule has 0 bridgehead atoms. The predicted octanol–water partition coefficient (Wildman–Crippen LogP) is 2.56. The zero-order valence-corrected chi connectivity index (χ0v) is 16.9. The van der Waals surface area contributed by atoms with Crippen molar-refractivity contribution in [3.8, 4) is 0 Å². The van der Waals surface area contributed by atoms with Gasteiger partial charge in [0.2, 0.25) is 0 Å². The maximum Gasteiger partial charge on any atom is 0.253 e. The summed E-state index contributed by atoms with van der Waals surface area (Å²) in [5, 5.41) is 0. The average molecular weight is 380 g/mol. The molecule has 0 aliphatic carbocycles. The smallest absolute Gasteiger partial charge is 0.253 e. The molecule has 3 heterocycles. The maximum absolute atomic E-state index is 13.1. The lowest BCUT2D eigenvalue weighted by molar-refractivity contribution is -0.145. The van der Waals surface area contributed by atoms with Gasteiger partial charge >= 0.3 is 0 Å². The Bertz CT molecular complexity index is 862. The molecule has 1 aromatic heterocycles. The van der Waals surface area contributed by atoms with E-state index >= 15 is 0 Å². The van der Waals surface area contributed by atoms with Gasteiger partial charge in [-0.1, -0.05) is 45.0 Å². The normalized spacial score (nSPS) is 20.0. The van der Waals surface area contributed by atoms with Gasteiger partial charge < -0.3 is 14.5 Å². The Balaban J connectivity index is 1.46. The van der Waals surface area contributed by atoms with Gasteiger partial charge in [-0.2, -0.15) is 0 Å². The molecule has 0 spiro atoms. The lowest BCUT2D eigenvalue weighted by Gasteiger charge is -2.37. The minimum atomic E-state index is -0.452. The zero-order valence-electron chi connectivity index (χ0n) is 16.9. The molecule has 0 radical (unpaired) electrons. The maximum atomic E-state index is 13.1. The number of rotatable bonds is 2. The fourth-order valence-corrected chi connectivity index (χ4v) is 3.78. The van der Waals surface area contributed by atoms with E-state index in [1.807, 2.05) is 17.0 Å². The summed E-state index contributed by atoms with van der Waals surface area (Å²) >= 11 is 0. The molecule has 2 aliphatic heterocycles. The summed E-state index contributed by atoms with van der Waals surface area (Å²) in [5.41, 5.74) is 2.47. The van der Waals surface area contributed by atoms with Crippen LogP contribution in [0.5, 0.6) is 0 Å². The number of carbonyl (C=O) groups is 1. The van der Waals surface area contributed by atoms with Gasteiger partial charge in [0.25, 0.3) is 5.91 Å². The van der Waals surface area contributed by atoms with Gasteiger partial charge in [0, 0.05) is 31.2 Å². The molecule has 1 fully saturated rings. The summed E-state index contributed by atoms with van der Waals surface area (Å²) in [4.78, 5) is 26.3. The van der Waals surface area contributed by atoms with E-state index in [1.165, 1.54) is 11.1 Å². The van der Waals surface area contributed by atoms with Crippen LogP contribution in [0.2, 0.25) is 0 Å². The first-order valence-electron chi connectivity index (χ1n) is 9.97. The topological polar surface area (TPSA) is 58.6 Å². The van der Waals surface area contributed by atoms with Crippen molar-refractivity contribution in [1.82, 2.24) is 14.9 Å². The van der Waals surface area contributed by atoms with Crippen LogP contribution in [0.4, 0.5) is 5.82 Å². The van der Waals surface area contributed by atoms with Crippen molar-refractivity contribution in [2.75, 3.05) is 31.1 Å². The highest BCUT2D eigenvalue weighted by Gasteiger charge is 2.32. The van der Waals surface area contributed by atoms with E-state index in [9.17, 15) is 4.79 Å². The van der Waals surface area contributed by atoms with Crippen LogP contribution < -0.4 is 4.90 Å². The Labute approximate surface area is 166 Å². The summed E-state index contributed by atoms with van der Waals surface area (Å²) in [5.74, 6) is 1.75. The van der Waals surface area contributed by atoms with Crippen LogP contribution in [0.15, 0.2) is 36.5 Å². The number of benzene rings is 1. The molecule has 0 saturated carbocycles. The third kappa shape index (κ3) is 3.87. The lowest BCUT2D eigenvalue weighted by Crippen LogP contribution is -2.52. The van der Waals surface area contributed by atoms with Gasteiger partial charge in [0.05, 0.1) is 13.2 Å². The van der Waals surface area contributed by atoms with Crippen molar-refractivity contribution in [3.05, 3.63) is 53.5 Å². The van der Waals surface area contributed by atoms with Crippen LogP contribution >= 0.6 is 0 Å². The Morgan fingerprint density at radius 3 is 2.71 bits per heavy atom. The van der Waals surface area contributed by atoms with Gasteiger partial charge in [-0.3, -0.25) is 4.79 Å². The first kappa shape index (κ1) is 18.9. The van der Waals surface area contributed by atoms with Crippen molar-refractivity contribution < 1.29 is 9.53 Å². The van der Waals surface area contributed by atoms with Crippen molar-refractivity contribution in [3.63, 3.8) is 0 Å². The number of ether oxygens (including phenoxy) is 1. The van der Waals surface area contributed by atoms with Gasteiger partial charge in [-0.15, -0.1) is 0 Å². The van der Waals surface area contributed by atoms with Crippen LogP contribution in [0.1, 0.15) is 37.7 Å². The molecule has 28 heavy (non-hydrogen) atoms. The standard InChI is InChI=1S/C22H28N4O2/c1-22(2,3)21-23-10-8-19(24-21)25-12-13-28-18(15-25)20(27)26-11-9-16-6-4-5-7-17(16)14-26/h4-8,10,18H,9,11-15H2,1-3H3. The van der Waals surface area contributed by atoms with Crippen LogP contribution in [-0.4, -0.2) is 53.1 Å². The number of hydrogen-bond donors (Lipinski definition) is 0. The summed E-state index contributed by atoms with van der Waals surface area (Å²) in [6.07, 6.45) is 2.25. The molecule has 2 aliphatic rings. The number of carbonyl (C=O) groups excluding carboxylic acids is 1. The first-order chi connectivity index (χ1) is 13.4. The van der Waals surface area contributed by atoms with Crippen molar-refractivity contribution in [2.24, 2.45) is 0 Å². The highest BCUT2D eigenvalue weighted by molar-refractivity contribution is 5.82. The summed E-state index contributed by atoms with van der Waals surface area (Å²) in [6.45, 7) is 9.50. The SMILES string of the molecule is CC(C)(C)c1nccc(N2CCOC(C(=O)N3CCc4ccccc4C3)C2)n1. The van der Waals surface area contributed by atoms with Gasteiger partial charge in [0.15, 0.2) is 6.10 Å². The Morgan fingerprint density at radius 1 is 1.14 bits per heavy atom. The Hall–Kier alpha value is -2.47. The predicted molar refractivity (Wildman–Crippen MR) is 108 cm³/mol. The van der Waals surface area contributed by atoms with Gasteiger partial charge in [0.1, 0.15) is 11.6 Å². The largest absolute Gasteiger partial charge is 0.365 e. The second kappa shape index (κ2) is 7.51. The molecular formula is C22H28N4O2. The van der Waals surface area contributed by atoms with E-state index in [-0.39, 0.29) is 11.3 Å². The number of hydrogen-bond acceptors (Lipinski definition) is 5. The van der Waals surface area contributed by atoms with Crippen LogP contribution in [0.25, 0.3) is 0 Å². The second-order valence-electron chi connectivity index (χ2n) is 8.57. The van der Waals surface area contributed by atoms with Crippen LogP contribution in [-0.2, 0) is 27.9 Å². The van der Waals surface area contributed by atoms with E-state index < -0.39 is 6.10 Å². The molecule has 1 atom stereocenters. The molecule has 1 unspecified atom stereocenters. The minimum absolute atomic E-state index is 0.0734. The van der Waals surface area contributed by atoms with Crippen molar-refractivity contribution in [1.29, 1.82) is 0 Å². The van der Waals surface area contributed by atoms with E-state index in [0.29, 0.717) is 19.7 Å². The number of amides is 1. The van der Waals surface area contributed by atoms with Gasteiger partial charge in [-0.25, -0.2) is 9.97 Å². The van der Waals surface area contributed by atoms with E-state index in [0.717, 1.165) is 31.2 Å². The molecule has 148 valence electrons. The lowest BCUT2D eigenvalue weighted by atomic mass is 9.96. The number of anilines is 1. The van der Waals surface area contributed by atoms with E-state index in [2.05, 4.69) is 48.9 Å². The molecule has 1 saturated heterocycles. The first-order valence-corrected chi connectivity index (χ1v) is 9.97. The summed E-state index contributed by atoms with van der Waals surface area (Å²) < 4.78 is 5.85. The molecule has 4 rings (SSSR count). The molecule has 6 nitrogen and oxygen atoms in total. The zero-order chi connectivity index (χ0) is 19.7. The van der Waals surface area contributed by atoms with E-state index in [1.54, 1.807) is 6.20 Å². The Morgan fingerprint density at radius 2 is 1.93 bits per heavy atom. The van der Waals surface area contributed by atoms with Crippen molar-refractivity contribution >= 4 is 11.7 Å². The van der Waals surface area contributed by atoms with Gasteiger partial charge in [-0.05, 0) is 23.6 Å². The highest BCUT2D eigenvalue weighted by Crippen LogP contribution is 2.24. The summed E-state index contributed by atoms with van der Waals surface area (Å²) in [7, 11) is 0. The fraction of sp³-hybridized carbons (Fsp3) is 0.500. The summed E-state index contributed by atoms with van der Waals surface area (Å²) in [6, 6.07) is 10.3. The highest BCUT2D eigenvalue weighted by atomic mass is 16.5. The molecule has 2 aromatic rings. The molecule has 1 amide bonds. The van der Waals surface area contributed by atoms with E-state index in [4.69, 9.17) is 9.72 Å². The number of nitrogens with zero attached hydrogens (tertiary/aromatic N) is 4. The monoisotopic (exact) mass is 380 g/mol.